The predicted molar refractivity (Wildman–Crippen MR) is 103 cm³/mol. The number of hydrogen-bond donors (Lipinski definition) is 1. The van der Waals surface area contributed by atoms with Crippen molar-refractivity contribution in [1.82, 2.24) is 9.97 Å². The summed E-state index contributed by atoms with van der Waals surface area (Å²) < 4.78 is 10.7. The molecule has 0 atom stereocenters. The van der Waals surface area contributed by atoms with Crippen molar-refractivity contribution >= 4 is 17.5 Å². The van der Waals surface area contributed by atoms with Crippen LogP contribution in [0.5, 0.6) is 11.6 Å². The first-order valence-corrected chi connectivity index (χ1v) is 9.22. The van der Waals surface area contributed by atoms with Crippen molar-refractivity contribution < 1.29 is 24.3 Å². The van der Waals surface area contributed by atoms with Gasteiger partial charge in [-0.25, -0.2) is 4.98 Å². The lowest BCUT2D eigenvalue weighted by molar-refractivity contribution is -0.385. The zero-order valence-electron chi connectivity index (χ0n) is 16.0. The van der Waals surface area contributed by atoms with Crippen LogP contribution in [-0.2, 0) is 16.0 Å². The van der Waals surface area contributed by atoms with Crippen molar-refractivity contribution in [2.24, 2.45) is 5.92 Å². The molecular formula is C19H22N4O6. The number of methoxy groups -OCH3 is 1. The summed E-state index contributed by atoms with van der Waals surface area (Å²) in [6.45, 7) is 1.32. The number of anilines is 1. The number of piperidine rings is 1. The molecule has 0 bridgehead atoms. The van der Waals surface area contributed by atoms with Gasteiger partial charge >= 0.3 is 17.5 Å². The van der Waals surface area contributed by atoms with E-state index in [-0.39, 0.29) is 17.4 Å². The van der Waals surface area contributed by atoms with Gasteiger partial charge in [0.2, 0.25) is 5.82 Å². The minimum absolute atomic E-state index is 0.139. The average Bonchev–Trinajstić information content (AvgIpc) is 2.73. The van der Waals surface area contributed by atoms with E-state index >= 15 is 0 Å². The largest absolute Gasteiger partial charge is 0.481 e. The maximum absolute atomic E-state index is 11.7. The molecule has 0 saturated carbocycles. The molecule has 2 heterocycles. The quantitative estimate of drug-likeness (QED) is 0.523. The van der Waals surface area contributed by atoms with Crippen LogP contribution in [0.4, 0.5) is 11.5 Å². The first kappa shape index (κ1) is 20.5. The zero-order valence-corrected chi connectivity index (χ0v) is 16.0. The molecule has 3 rings (SSSR count). The maximum Gasteiger partial charge on any atom is 0.373 e. The van der Waals surface area contributed by atoms with Crippen molar-refractivity contribution in [2.75, 3.05) is 31.7 Å². The standard InChI is InChI=1S/C19H22N4O6/c1-28-11-8-13-2-4-15(5-3-13)29-18-16(23(26)27)17(20-12-21-18)22-9-6-14(7-10-22)19(24)25/h2-5,12,14H,6-11H2,1H3,(H,24,25). The van der Waals surface area contributed by atoms with E-state index < -0.39 is 16.8 Å². The third kappa shape index (κ3) is 4.96. The van der Waals surface area contributed by atoms with E-state index in [2.05, 4.69) is 9.97 Å². The highest BCUT2D eigenvalue weighted by Crippen LogP contribution is 2.37. The van der Waals surface area contributed by atoms with Crippen molar-refractivity contribution in [1.29, 1.82) is 0 Å². The smallest absolute Gasteiger partial charge is 0.373 e. The van der Waals surface area contributed by atoms with E-state index in [9.17, 15) is 14.9 Å². The molecule has 1 fully saturated rings. The average molecular weight is 402 g/mol. The number of benzene rings is 1. The molecule has 1 N–H and O–H groups in total. The van der Waals surface area contributed by atoms with E-state index in [1.54, 1.807) is 24.1 Å². The normalized spacial score (nSPS) is 14.6. The molecular weight excluding hydrogens is 380 g/mol. The topological polar surface area (TPSA) is 128 Å². The highest BCUT2D eigenvalue weighted by molar-refractivity contribution is 5.71. The monoisotopic (exact) mass is 402 g/mol. The summed E-state index contributed by atoms with van der Waals surface area (Å²) in [5.74, 6) is -0.881. The lowest BCUT2D eigenvalue weighted by atomic mass is 9.97. The third-order valence-electron chi connectivity index (χ3n) is 4.83. The lowest BCUT2D eigenvalue weighted by Crippen LogP contribution is -2.37. The Labute approximate surface area is 167 Å². The van der Waals surface area contributed by atoms with E-state index in [0.29, 0.717) is 38.3 Å². The van der Waals surface area contributed by atoms with Gasteiger partial charge < -0.3 is 19.5 Å². The first-order chi connectivity index (χ1) is 14.0. The molecule has 10 nitrogen and oxygen atoms in total. The fraction of sp³-hybridized carbons (Fsp3) is 0.421. The first-order valence-electron chi connectivity index (χ1n) is 9.22. The number of ether oxygens (including phenoxy) is 2. The molecule has 0 amide bonds. The Hall–Kier alpha value is -3.27. The summed E-state index contributed by atoms with van der Waals surface area (Å²) in [6, 6.07) is 7.15. The van der Waals surface area contributed by atoms with Gasteiger partial charge in [0.05, 0.1) is 17.4 Å². The van der Waals surface area contributed by atoms with Crippen LogP contribution >= 0.6 is 0 Å². The summed E-state index contributed by atoms with van der Waals surface area (Å²) in [4.78, 5) is 32.0. The summed E-state index contributed by atoms with van der Waals surface area (Å²) in [5.41, 5.74) is 0.725. The second kappa shape index (κ2) is 9.28. The lowest BCUT2D eigenvalue weighted by Gasteiger charge is -2.30. The van der Waals surface area contributed by atoms with Gasteiger partial charge in [-0.15, -0.1) is 0 Å². The summed E-state index contributed by atoms with van der Waals surface area (Å²) in [6.07, 6.45) is 2.76. The summed E-state index contributed by atoms with van der Waals surface area (Å²) >= 11 is 0. The van der Waals surface area contributed by atoms with Gasteiger partial charge in [-0.3, -0.25) is 14.9 Å². The van der Waals surface area contributed by atoms with E-state index in [1.807, 2.05) is 12.1 Å². The second-order valence-electron chi connectivity index (χ2n) is 6.70. The van der Waals surface area contributed by atoms with Crippen molar-refractivity contribution in [3.05, 3.63) is 46.3 Å². The van der Waals surface area contributed by atoms with Crippen LogP contribution in [0.3, 0.4) is 0 Å². The van der Waals surface area contributed by atoms with Gasteiger partial charge in [-0.05, 0) is 37.0 Å². The molecule has 0 radical (unpaired) electrons. The molecule has 1 aliphatic heterocycles. The molecule has 1 saturated heterocycles. The van der Waals surface area contributed by atoms with Crippen LogP contribution < -0.4 is 9.64 Å². The van der Waals surface area contributed by atoms with Gasteiger partial charge in [0.25, 0.3) is 0 Å². The molecule has 29 heavy (non-hydrogen) atoms. The van der Waals surface area contributed by atoms with Crippen molar-refractivity contribution in [3.63, 3.8) is 0 Å². The highest BCUT2D eigenvalue weighted by atomic mass is 16.6. The molecule has 1 aromatic carbocycles. The molecule has 1 aliphatic rings. The second-order valence-corrected chi connectivity index (χ2v) is 6.70. The van der Waals surface area contributed by atoms with Crippen molar-refractivity contribution in [3.8, 4) is 11.6 Å². The number of aliphatic carboxylic acids is 1. The molecule has 1 aromatic heterocycles. The number of carbonyl (C=O) groups is 1. The molecule has 154 valence electrons. The number of aromatic nitrogens is 2. The Bertz CT molecular complexity index is 866. The number of carboxylic acids is 1. The van der Waals surface area contributed by atoms with Crippen LogP contribution in [0.1, 0.15) is 18.4 Å². The van der Waals surface area contributed by atoms with Crippen molar-refractivity contribution in [2.45, 2.75) is 19.3 Å². The van der Waals surface area contributed by atoms with Crippen LogP contribution in [-0.4, -0.2) is 52.8 Å². The van der Waals surface area contributed by atoms with Crippen LogP contribution in [0, 0.1) is 16.0 Å². The van der Waals surface area contributed by atoms with Gasteiger partial charge in [0.1, 0.15) is 12.1 Å². The number of hydrogen-bond acceptors (Lipinski definition) is 8. The van der Waals surface area contributed by atoms with Gasteiger partial charge in [-0.2, -0.15) is 4.98 Å². The minimum Gasteiger partial charge on any atom is -0.481 e. The van der Waals surface area contributed by atoms with Gasteiger partial charge in [0.15, 0.2) is 0 Å². The van der Waals surface area contributed by atoms with Gasteiger partial charge in [-0.1, -0.05) is 12.1 Å². The number of carboxylic acid groups (broad SMARTS) is 1. The summed E-state index contributed by atoms with van der Waals surface area (Å²) in [5, 5.41) is 20.9. The molecule has 10 heteroatoms. The molecule has 0 unspecified atom stereocenters. The van der Waals surface area contributed by atoms with Gasteiger partial charge in [0, 0.05) is 20.2 Å². The fourth-order valence-electron chi connectivity index (χ4n) is 3.21. The van der Waals surface area contributed by atoms with Crippen LogP contribution in [0.25, 0.3) is 0 Å². The Morgan fingerprint density at radius 2 is 1.97 bits per heavy atom. The van der Waals surface area contributed by atoms with E-state index in [1.165, 1.54) is 6.33 Å². The minimum atomic E-state index is -0.847. The highest BCUT2D eigenvalue weighted by Gasteiger charge is 2.32. The third-order valence-corrected chi connectivity index (χ3v) is 4.83. The Kier molecular flexibility index (Phi) is 6.55. The maximum atomic E-state index is 11.7. The molecule has 2 aromatic rings. The van der Waals surface area contributed by atoms with E-state index in [4.69, 9.17) is 14.6 Å². The number of rotatable bonds is 8. The molecule has 0 spiro atoms. The number of nitro groups is 1. The van der Waals surface area contributed by atoms with Crippen LogP contribution in [0.2, 0.25) is 0 Å². The number of nitrogens with zero attached hydrogens (tertiary/aromatic N) is 4. The predicted octanol–water partition coefficient (Wildman–Crippen LogP) is 2.67. The Morgan fingerprint density at radius 3 is 2.55 bits per heavy atom. The molecule has 0 aliphatic carbocycles. The van der Waals surface area contributed by atoms with E-state index in [0.717, 1.165) is 12.0 Å². The Morgan fingerprint density at radius 1 is 1.28 bits per heavy atom. The summed E-state index contributed by atoms with van der Waals surface area (Å²) in [7, 11) is 1.63. The zero-order chi connectivity index (χ0) is 20.8. The SMILES string of the molecule is COCCc1ccc(Oc2ncnc(N3CCC(C(=O)O)CC3)c2[N+](=O)[O-])cc1. The fourth-order valence-corrected chi connectivity index (χ4v) is 3.21. The van der Waals surface area contributed by atoms with Crippen LogP contribution in [0.15, 0.2) is 30.6 Å². The Balaban J connectivity index is 1.80.